The second kappa shape index (κ2) is 7.65. The van der Waals surface area contributed by atoms with Crippen molar-refractivity contribution >= 4 is 29.4 Å². The van der Waals surface area contributed by atoms with Crippen LogP contribution in [0.15, 0.2) is 41.6 Å². The predicted molar refractivity (Wildman–Crippen MR) is 91.7 cm³/mol. The number of hydrogen-bond donors (Lipinski definition) is 1. The van der Waals surface area contributed by atoms with E-state index in [1.54, 1.807) is 42.6 Å². The molecule has 0 unspecified atom stereocenters. The van der Waals surface area contributed by atoms with Gasteiger partial charge in [0, 0.05) is 16.7 Å². The summed E-state index contributed by atoms with van der Waals surface area (Å²) in [5, 5.41) is 7.08. The fourth-order valence-corrected chi connectivity index (χ4v) is 2.11. The van der Waals surface area contributed by atoms with Crippen LogP contribution in [0.5, 0.6) is 5.75 Å². The first-order valence-corrected chi connectivity index (χ1v) is 7.25. The van der Waals surface area contributed by atoms with Crippen molar-refractivity contribution in [3.63, 3.8) is 0 Å². The van der Waals surface area contributed by atoms with E-state index in [9.17, 15) is 4.79 Å². The minimum atomic E-state index is -0.236. The molecule has 0 aliphatic carbocycles. The van der Waals surface area contributed by atoms with Crippen LogP contribution in [-0.4, -0.2) is 26.3 Å². The van der Waals surface area contributed by atoms with Crippen LogP contribution in [0.2, 0.25) is 5.02 Å². The second-order valence-electron chi connectivity index (χ2n) is 4.79. The maximum absolute atomic E-state index is 12.3. The van der Waals surface area contributed by atoms with Gasteiger partial charge in [-0.25, -0.2) is 0 Å². The highest BCUT2D eigenvalue weighted by Gasteiger charge is 2.11. The number of oxime groups is 1. The fourth-order valence-electron chi connectivity index (χ4n) is 1.96. The molecule has 0 radical (unpaired) electrons. The summed E-state index contributed by atoms with van der Waals surface area (Å²) in [7, 11) is 3.00. The molecule has 0 atom stereocenters. The Balaban J connectivity index is 2.19. The van der Waals surface area contributed by atoms with Crippen LogP contribution < -0.4 is 10.1 Å². The molecular weight excluding hydrogens is 316 g/mol. The Kier molecular flexibility index (Phi) is 5.60. The predicted octanol–water partition coefficient (Wildman–Crippen LogP) is 3.89. The molecule has 0 saturated heterocycles. The van der Waals surface area contributed by atoms with Gasteiger partial charge in [-0.1, -0.05) is 28.9 Å². The van der Waals surface area contributed by atoms with Crippen LogP contribution in [0.25, 0.3) is 0 Å². The maximum atomic E-state index is 12.3. The Morgan fingerprint density at radius 2 is 1.91 bits per heavy atom. The highest BCUT2D eigenvalue weighted by molar-refractivity contribution is 6.31. The SMILES string of the molecule is CO/N=C/c1ccc(C(=O)Nc2cc(C)c(Cl)cc2OC)cc1. The molecule has 1 amide bonds. The summed E-state index contributed by atoms with van der Waals surface area (Å²) in [6, 6.07) is 10.4. The number of aryl methyl sites for hydroxylation is 1. The molecular formula is C17H17ClN2O3. The lowest BCUT2D eigenvalue weighted by Gasteiger charge is -2.12. The molecule has 0 saturated carbocycles. The van der Waals surface area contributed by atoms with Crippen molar-refractivity contribution < 1.29 is 14.4 Å². The van der Waals surface area contributed by atoms with Gasteiger partial charge in [-0.15, -0.1) is 0 Å². The van der Waals surface area contributed by atoms with E-state index in [-0.39, 0.29) is 5.91 Å². The van der Waals surface area contributed by atoms with Gasteiger partial charge >= 0.3 is 0 Å². The Labute approximate surface area is 139 Å². The summed E-state index contributed by atoms with van der Waals surface area (Å²) in [4.78, 5) is 17.0. The van der Waals surface area contributed by atoms with Gasteiger partial charge in [0.1, 0.15) is 12.9 Å². The third kappa shape index (κ3) is 4.23. The largest absolute Gasteiger partial charge is 0.495 e. The van der Waals surface area contributed by atoms with Gasteiger partial charge in [-0.2, -0.15) is 0 Å². The summed E-state index contributed by atoms with van der Waals surface area (Å²) >= 11 is 6.06. The zero-order valence-electron chi connectivity index (χ0n) is 13.1. The van der Waals surface area contributed by atoms with E-state index < -0.39 is 0 Å². The first-order valence-electron chi connectivity index (χ1n) is 6.87. The number of nitrogens with one attached hydrogen (secondary N) is 1. The lowest BCUT2D eigenvalue weighted by Crippen LogP contribution is -2.13. The fraction of sp³-hybridized carbons (Fsp3) is 0.176. The molecule has 0 fully saturated rings. The van der Waals surface area contributed by atoms with E-state index in [0.29, 0.717) is 22.0 Å². The number of nitrogens with zero attached hydrogens (tertiary/aromatic N) is 1. The molecule has 0 heterocycles. The minimum absolute atomic E-state index is 0.236. The Morgan fingerprint density at radius 3 is 2.52 bits per heavy atom. The topological polar surface area (TPSA) is 59.9 Å². The maximum Gasteiger partial charge on any atom is 0.255 e. The molecule has 6 heteroatoms. The van der Waals surface area contributed by atoms with Gasteiger partial charge in [0.25, 0.3) is 5.91 Å². The molecule has 2 aromatic carbocycles. The smallest absolute Gasteiger partial charge is 0.255 e. The third-order valence-corrected chi connectivity index (χ3v) is 3.62. The van der Waals surface area contributed by atoms with Crippen molar-refractivity contribution in [3.05, 3.63) is 58.1 Å². The first kappa shape index (κ1) is 16.8. The number of halogens is 1. The van der Waals surface area contributed by atoms with Gasteiger partial charge in [0.2, 0.25) is 0 Å². The Hall–Kier alpha value is -2.53. The van der Waals surface area contributed by atoms with Gasteiger partial charge in [-0.05, 0) is 36.2 Å². The lowest BCUT2D eigenvalue weighted by atomic mass is 10.1. The first-order chi connectivity index (χ1) is 11.0. The van der Waals surface area contributed by atoms with Crippen molar-refractivity contribution in [3.8, 4) is 5.75 Å². The second-order valence-corrected chi connectivity index (χ2v) is 5.20. The number of benzene rings is 2. The zero-order chi connectivity index (χ0) is 16.8. The Bertz CT molecular complexity index is 727. The zero-order valence-corrected chi connectivity index (χ0v) is 13.8. The highest BCUT2D eigenvalue weighted by atomic mass is 35.5. The molecule has 0 aromatic heterocycles. The Morgan fingerprint density at radius 1 is 1.22 bits per heavy atom. The number of anilines is 1. The minimum Gasteiger partial charge on any atom is -0.495 e. The van der Waals surface area contributed by atoms with E-state index in [1.165, 1.54) is 14.2 Å². The van der Waals surface area contributed by atoms with E-state index in [1.807, 2.05) is 6.92 Å². The van der Waals surface area contributed by atoms with Crippen LogP contribution in [0.3, 0.4) is 0 Å². The molecule has 2 rings (SSSR count). The summed E-state index contributed by atoms with van der Waals surface area (Å²) in [5.41, 5.74) is 2.79. The van der Waals surface area contributed by atoms with Gasteiger partial charge in [0.15, 0.2) is 0 Å². The molecule has 5 nitrogen and oxygen atoms in total. The molecule has 1 N–H and O–H groups in total. The van der Waals surface area contributed by atoms with Crippen molar-refractivity contribution in [1.82, 2.24) is 0 Å². The lowest BCUT2D eigenvalue weighted by molar-refractivity contribution is 0.102. The normalized spacial score (nSPS) is 10.6. The van der Waals surface area contributed by atoms with Crippen LogP contribution in [0.4, 0.5) is 5.69 Å². The summed E-state index contributed by atoms with van der Waals surface area (Å²) in [6.07, 6.45) is 1.56. The summed E-state index contributed by atoms with van der Waals surface area (Å²) in [5.74, 6) is 0.276. The highest BCUT2D eigenvalue weighted by Crippen LogP contribution is 2.31. The third-order valence-electron chi connectivity index (χ3n) is 3.21. The molecule has 2 aromatic rings. The molecule has 0 bridgehead atoms. The number of ether oxygens (including phenoxy) is 1. The van der Waals surface area contributed by atoms with Gasteiger partial charge in [-0.3, -0.25) is 4.79 Å². The van der Waals surface area contributed by atoms with Crippen LogP contribution in [-0.2, 0) is 4.84 Å². The van der Waals surface area contributed by atoms with Crippen LogP contribution in [0.1, 0.15) is 21.5 Å². The summed E-state index contributed by atoms with van der Waals surface area (Å²) in [6.45, 7) is 1.86. The van der Waals surface area contributed by atoms with Gasteiger partial charge in [0.05, 0.1) is 19.0 Å². The van der Waals surface area contributed by atoms with Crippen molar-refractivity contribution in [2.75, 3.05) is 19.5 Å². The van der Waals surface area contributed by atoms with E-state index in [4.69, 9.17) is 16.3 Å². The van der Waals surface area contributed by atoms with Gasteiger partial charge < -0.3 is 14.9 Å². The van der Waals surface area contributed by atoms with E-state index in [2.05, 4.69) is 15.3 Å². The average Bonchev–Trinajstić information content (AvgIpc) is 2.56. The quantitative estimate of drug-likeness (QED) is 0.667. The number of carbonyl (C=O) groups is 1. The molecule has 0 spiro atoms. The van der Waals surface area contributed by atoms with Crippen LogP contribution in [0, 0.1) is 6.92 Å². The van der Waals surface area contributed by atoms with E-state index >= 15 is 0 Å². The van der Waals surface area contributed by atoms with Crippen molar-refractivity contribution in [1.29, 1.82) is 0 Å². The standard InChI is InChI=1S/C17H17ClN2O3/c1-11-8-15(16(22-2)9-14(11)18)20-17(21)13-6-4-12(5-7-13)10-19-23-3/h4-10H,1-3H3,(H,20,21)/b19-10+. The van der Waals surface area contributed by atoms with Crippen molar-refractivity contribution in [2.45, 2.75) is 6.92 Å². The molecule has 0 aliphatic heterocycles. The number of amides is 1. The van der Waals surface area contributed by atoms with Crippen molar-refractivity contribution in [2.24, 2.45) is 5.16 Å². The number of hydrogen-bond acceptors (Lipinski definition) is 4. The number of rotatable bonds is 5. The monoisotopic (exact) mass is 332 g/mol. The number of carbonyl (C=O) groups excluding carboxylic acids is 1. The van der Waals surface area contributed by atoms with Crippen LogP contribution >= 0.6 is 11.6 Å². The van der Waals surface area contributed by atoms with E-state index in [0.717, 1.165) is 11.1 Å². The number of methoxy groups -OCH3 is 1. The summed E-state index contributed by atoms with van der Waals surface area (Å²) < 4.78 is 5.25. The molecule has 0 aliphatic rings. The average molecular weight is 333 g/mol. The molecule has 23 heavy (non-hydrogen) atoms. The molecule has 120 valence electrons.